The van der Waals surface area contributed by atoms with E-state index in [0.29, 0.717) is 0 Å². The van der Waals surface area contributed by atoms with E-state index >= 15 is 0 Å². The quantitative estimate of drug-likeness (QED) is 0.181. The minimum absolute atomic E-state index is 0.724. The van der Waals surface area contributed by atoms with Crippen molar-refractivity contribution in [2.75, 3.05) is 0 Å². The number of hydrogen-bond acceptors (Lipinski definition) is 2. The molecule has 9 rings (SSSR count). The third kappa shape index (κ3) is 5.10. The Morgan fingerprint density at radius 1 is 0.292 bits per heavy atom. The molecule has 9 aromatic rings. The Balaban J connectivity index is 1.06. The molecule has 48 heavy (non-hydrogen) atoms. The van der Waals surface area contributed by atoms with Gasteiger partial charge in [-0.25, -0.2) is 9.97 Å². The molecule has 0 aliphatic heterocycles. The number of rotatable bonds is 5. The zero-order valence-electron chi connectivity index (χ0n) is 26.2. The van der Waals surface area contributed by atoms with E-state index in [4.69, 9.17) is 9.97 Å². The monoisotopic (exact) mass is 610 g/mol. The molecule has 8 aromatic carbocycles. The second-order valence-electron chi connectivity index (χ2n) is 12.2. The van der Waals surface area contributed by atoms with Crippen molar-refractivity contribution in [1.29, 1.82) is 0 Å². The first-order chi connectivity index (χ1) is 23.8. The summed E-state index contributed by atoms with van der Waals surface area (Å²) in [5.74, 6) is 0.724. The summed E-state index contributed by atoms with van der Waals surface area (Å²) in [7, 11) is 0. The molecule has 0 amide bonds. The van der Waals surface area contributed by atoms with Gasteiger partial charge in [0.05, 0.1) is 11.2 Å². The summed E-state index contributed by atoms with van der Waals surface area (Å²) in [4.78, 5) is 10.3. The fraction of sp³-hybridized carbons (Fsp3) is 0. The highest BCUT2D eigenvalue weighted by molar-refractivity contribution is 6.12. The molecule has 0 aliphatic carbocycles. The Labute approximate surface area is 279 Å². The Morgan fingerprint density at radius 2 is 0.812 bits per heavy atom. The van der Waals surface area contributed by atoms with Crippen molar-refractivity contribution in [3.05, 3.63) is 182 Å². The highest BCUT2D eigenvalue weighted by atomic mass is 14.9. The summed E-state index contributed by atoms with van der Waals surface area (Å²) in [5.41, 5.74) is 11.1. The van der Waals surface area contributed by atoms with Crippen molar-refractivity contribution >= 4 is 32.4 Å². The van der Waals surface area contributed by atoms with Crippen molar-refractivity contribution in [2.45, 2.75) is 0 Å². The van der Waals surface area contributed by atoms with E-state index in [1.807, 2.05) is 6.07 Å². The van der Waals surface area contributed by atoms with E-state index in [1.54, 1.807) is 0 Å². The molecular formula is C46H30N2. The maximum absolute atomic E-state index is 5.19. The van der Waals surface area contributed by atoms with Gasteiger partial charge in [0, 0.05) is 16.5 Å². The summed E-state index contributed by atoms with van der Waals surface area (Å²) in [6.07, 6.45) is 0. The van der Waals surface area contributed by atoms with Gasteiger partial charge < -0.3 is 0 Å². The van der Waals surface area contributed by atoms with Gasteiger partial charge in [0.2, 0.25) is 0 Å². The smallest absolute Gasteiger partial charge is 0.160 e. The molecule has 1 heterocycles. The van der Waals surface area contributed by atoms with Crippen LogP contribution in [0.3, 0.4) is 0 Å². The third-order valence-electron chi connectivity index (χ3n) is 9.25. The number of nitrogens with zero attached hydrogens (tertiary/aromatic N) is 2. The average Bonchev–Trinajstić information content (AvgIpc) is 3.17. The molecule has 0 aliphatic rings. The number of aromatic nitrogens is 2. The normalized spacial score (nSPS) is 11.3. The van der Waals surface area contributed by atoms with E-state index < -0.39 is 0 Å². The molecule has 0 atom stereocenters. The summed E-state index contributed by atoms with van der Waals surface area (Å²) in [6, 6.07) is 64.6. The fourth-order valence-electron chi connectivity index (χ4n) is 6.77. The minimum atomic E-state index is 0.724. The average molecular weight is 611 g/mol. The van der Waals surface area contributed by atoms with Crippen LogP contribution < -0.4 is 0 Å². The lowest BCUT2D eigenvalue weighted by Gasteiger charge is -2.12. The zero-order chi connectivity index (χ0) is 31.9. The van der Waals surface area contributed by atoms with Gasteiger partial charge in [-0.3, -0.25) is 0 Å². The molecule has 224 valence electrons. The first-order valence-corrected chi connectivity index (χ1v) is 16.3. The fourth-order valence-corrected chi connectivity index (χ4v) is 6.77. The molecule has 2 heteroatoms. The largest absolute Gasteiger partial charge is 0.228 e. The Bertz CT molecular complexity index is 2600. The zero-order valence-corrected chi connectivity index (χ0v) is 26.2. The van der Waals surface area contributed by atoms with E-state index in [1.165, 1.54) is 49.4 Å². The van der Waals surface area contributed by atoms with E-state index in [-0.39, 0.29) is 0 Å². The second-order valence-corrected chi connectivity index (χ2v) is 12.2. The van der Waals surface area contributed by atoms with Crippen LogP contribution in [0.5, 0.6) is 0 Å². The van der Waals surface area contributed by atoms with Gasteiger partial charge in [0.1, 0.15) is 0 Å². The summed E-state index contributed by atoms with van der Waals surface area (Å²) >= 11 is 0. The van der Waals surface area contributed by atoms with Crippen LogP contribution in [0.25, 0.3) is 88.5 Å². The summed E-state index contributed by atoms with van der Waals surface area (Å²) in [5, 5.41) is 5.95. The SMILES string of the molecule is c1ccc(-c2nc(-c3ccc(-c4cccc(-c5cccc(-c6ccc7ccccc7c6)c5)c4)cc3)nc3ccc4ccccc4c23)cc1. The molecule has 0 N–H and O–H groups in total. The van der Waals surface area contributed by atoms with Crippen LogP contribution >= 0.6 is 0 Å². The highest BCUT2D eigenvalue weighted by Gasteiger charge is 2.14. The lowest BCUT2D eigenvalue weighted by Crippen LogP contribution is -1.96. The van der Waals surface area contributed by atoms with Crippen molar-refractivity contribution in [2.24, 2.45) is 0 Å². The predicted molar refractivity (Wildman–Crippen MR) is 202 cm³/mol. The first kappa shape index (κ1) is 27.9. The summed E-state index contributed by atoms with van der Waals surface area (Å²) in [6.45, 7) is 0. The van der Waals surface area contributed by atoms with Gasteiger partial charge in [0.15, 0.2) is 5.82 Å². The maximum atomic E-state index is 5.19. The maximum Gasteiger partial charge on any atom is 0.160 e. The molecule has 1 aromatic heterocycles. The van der Waals surface area contributed by atoms with Crippen molar-refractivity contribution in [1.82, 2.24) is 9.97 Å². The Hall–Kier alpha value is -6.38. The van der Waals surface area contributed by atoms with E-state index in [2.05, 4.69) is 176 Å². The molecule has 2 nitrogen and oxygen atoms in total. The van der Waals surface area contributed by atoms with Crippen LogP contribution in [0, 0.1) is 0 Å². The van der Waals surface area contributed by atoms with Crippen LogP contribution in [0.15, 0.2) is 182 Å². The molecule has 0 radical (unpaired) electrons. The molecule has 0 fully saturated rings. The van der Waals surface area contributed by atoms with Crippen molar-refractivity contribution in [3.63, 3.8) is 0 Å². The van der Waals surface area contributed by atoms with Crippen LogP contribution in [-0.4, -0.2) is 9.97 Å². The number of hydrogen-bond donors (Lipinski definition) is 0. The molecule has 0 unspecified atom stereocenters. The predicted octanol–water partition coefficient (Wildman–Crippen LogP) is 12.3. The van der Waals surface area contributed by atoms with Gasteiger partial charge in [-0.05, 0) is 79.2 Å². The Kier molecular flexibility index (Phi) is 6.84. The van der Waals surface area contributed by atoms with Gasteiger partial charge in [-0.15, -0.1) is 0 Å². The molecule has 0 bridgehead atoms. The molecule has 0 saturated heterocycles. The lowest BCUT2D eigenvalue weighted by molar-refractivity contribution is 1.23. The van der Waals surface area contributed by atoms with E-state index in [9.17, 15) is 0 Å². The molecule has 0 spiro atoms. The standard InChI is InChI=1S/C46H30N2/c1-2-12-34(13-3-1)45-44-42-19-7-6-11-33(42)26-27-43(44)47-46(48-45)35-23-20-32(21-24-35)37-15-8-16-38(28-37)39-17-9-18-40(30-39)41-25-22-31-10-4-5-14-36(31)29-41/h1-30H. The number of benzene rings is 8. The molecule has 0 saturated carbocycles. The van der Waals surface area contributed by atoms with Crippen LogP contribution in [0.4, 0.5) is 0 Å². The van der Waals surface area contributed by atoms with Gasteiger partial charge in [-0.1, -0.05) is 158 Å². The highest BCUT2D eigenvalue weighted by Crippen LogP contribution is 2.35. The second kappa shape index (κ2) is 11.8. The lowest BCUT2D eigenvalue weighted by atomic mass is 9.95. The van der Waals surface area contributed by atoms with Crippen molar-refractivity contribution < 1.29 is 0 Å². The van der Waals surface area contributed by atoms with Gasteiger partial charge >= 0.3 is 0 Å². The minimum Gasteiger partial charge on any atom is -0.228 e. The molecular weight excluding hydrogens is 581 g/mol. The summed E-state index contributed by atoms with van der Waals surface area (Å²) < 4.78 is 0. The van der Waals surface area contributed by atoms with Crippen LogP contribution in [0.2, 0.25) is 0 Å². The topological polar surface area (TPSA) is 25.8 Å². The first-order valence-electron chi connectivity index (χ1n) is 16.3. The van der Waals surface area contributed by atoms with E-state index in [0.717, 1.165) is 39.1 Å². The Morgan fingerprint density at radius 3 is 1.54 bits per heavy atom. The third-order valence-corrected chi connectivity index (χ3v) is 9.25. The van der Waals surface area contributed by atoms with Gasteiger partial charge in [0.25, 0.3) is 0 Å². The van der Waals surface area contributed by atoms with Crippen molar-refractivity contribution in [3.8, 4) is 56.0 Å². The number of fused-ring (bicyclic) bond motifs is 4. The van der Waals surface area contributed by atoms with Gasteiger partial charge in [-0.2, -0.15) is 0 Å². The van der Waals surface area contributed by atoms with Crippen LogP contribution in [0.1, 0.15) is 0 Å². The van der Waals surface area contributed by atoms with Crippen LogP contribution in [-0.2, 0) is 0 Å².